The van der Waals surface area contributed by atoms with E-state index in [9.17, 15) is 4.79 Å². The molecule has 0 saturated heterocycles. The maximum Gasteiger partial charge on any atom is 0.272 e. The molecule has 28 heavy (non-hydrogen) atoms. The number of fused-ring (bicyclic) bond motifs is 1. The van der Waals surface area contributed by atoms with Crippen LogP contribution in [0.1, 0.15) is 28.0 Å². The number of nitrogens with zero attached hydrogens (tertiary/aromatic N) is 5. The van der Waals surface area contributed by atoms with Crippen molar-refractivity contribution >= 4 is 17.4 Å². The van der Waals surface area contributed by atoms with Crippen molar-refractivity contribution in [3.05, 3.63) is 78.0 Å². The molecule has 0 fully saturated rings. The van der Waals surface area contributed by atoms with Crippen LogP contribution in [0.2, 0.25) is 0 Å². The van der Waals surface area contributed by atoms with Crippen LogP contribution in [0.15, 0.2) is 61.2 Å². The molecule has 1 aromatic carbocycles. The second-order valence-corrected chi connectivity index (χ2v) is 6.98. The topological polar surface area (TPSA) is 62.2 Å². The lowest BCUT2D eigenvalue weighted by molar-refractivity contribution is 0.0790. The minimum absolute atomic E-state index is 0.0944. The first-order valence-electron chi connectivity index (χ1n) is 9.54. The Bertz CT molecular complexity index is 960. The summed E-state index contributed by atoms with van der Waals surface area (Å²) in [5.41, 5.74) is 4.06. The van der Waals surface area contributed by atoms with Gasteiger partial charge in [-0.15, -0.1) is 0 Å². The molecule has 6 heteroatoms. The summed E-state index contributed by atoms with van der Waals surface area (Å²) >= 11 is 0. The first-order valence-corrected chi connectivity index (χ1v) is 9.54. The summed E-state index contributed by atoms with van der Waals surface area (Å²) in [4.78, 5) is 29.4. The second-order valence-electron chi connectivity index (χ2n) is 6.98. The lowest BCUT2D eigenvalue weighted by Gasteiger charge is -2.30. The Labute approximate surface area is 164 Å². The van der Waals surface area contributed by atoms with E-state index in [1.54, 1.807) is 23.4 Å². The molecule has 1 aliphatic heterocycles. The number of likely N-dealkylation sites (N-methyl/N-ethyl adjacent to an activating group) is 1. The Morgan fingerprint density at radius 1 is 1.14 bits per heavy atom. The van der Waals surface area contributed by atoms with E-state index in [1.807, 2.05) is 25.2 Å². The van der Waals surface area contributed by atoms with Gasteiger partial charge in [0.05, 0.1) is 0 Å². The van der Waals surface area contributed by atoms with E-state index in [-0.39, 0.29) is 5.91 Å². The SMILES string of the molecule is CN(CCc1ccncc1)C(=O)c1cc(N2CCCc3ccccc32)ncn1. The van der Waals surface area contributed by atoms with Gasteiger partial charge in [0, 0.05) is 44.3 Å². The molecular weight excluding hydrogens is 350 g/mol. The van der Waals surface area contributed by atoms with Gasteiger partial charge in [0.15, 0.2) is 0 Å². The van der Waals surface area contributed by atoms with Gasteiger partial charge in [-0.1, -0.05) is 18.2 Å². The van der Waals surface area contributed by atoms with Crippen LogP contribution in [0, 0.1) is 0 Å². The molecule has 0 bridgehead atoms. The van der Waals surface area contributed by atoms with Crippen molar-refractivity contribution < 1.29 is 4.79 Å². The number of aryl methyl sites for hydroxylation is 1. The van der Waals surface area contributed by atoms with E-state index in [0.717, 1.165) is 42.9 Å². The molecule has 0 spiro atoms. The van der Waals surface area contributed by atoms with Crippen molar-refractivity contribution in [1.82, 2.24) is 19.9 Å². The van der Waals surface area contributed by atoms with E-state index in [2.05, 4.69) is 38.1 Å². The first kappa shape index (κ1) is 18.1. The highest BCUT2D eigenvalue weighted by Gasteiger charge is 2.21. The predicted molar refractivity (Wildman–Crippen MR) is 109 cm³/mol. The summed E-state index contributed by atoms with van der Waals surface area (Å²) < 4.78 is 0. The fourth-order valence-electron chi connectivity index (χ4n) is 3.53. The van der Waals surface area contributed by atoms with Gasteiger partial charge in [-0.3, -0.25) is 9.78 Å². The number of aromatic nitrogens is 3. The molecule has 6 nitrogen and oxygen atoms in total. The molecule has 1 amide bonds. The predicted octanol–water partition coefficient (Wildman–Crippen LogP) is 3.27. The molecule has 0 saturated carbocycles. The molecule has 0 aliphatic carbocycles. The Hall–Kier alpha value is -3.28. The van der Waals surface area contributed by atoms with Crippen molar-refractivity contribution in [2.45, 2.75) is 19.3 Å². The van der Waals surface area contributed by atoms with Crippen LogP contribution in [0.3, 0.4) is 0 Å². The fraction of sp³-hybridized carbons (Fsp3) is 0.273. The van der Waals surface area contributed by atoms with Crippen molar-refractivity contribution in [2.24, 2.45) is 0 Å². The lowest BCUT2D eigenvalue weighted by Crippen LogP contribution is -2.30. The number of hydrogen-bond donors (Lipinski definition) is 0. The first-order chi connectivity index (χ1) is 13.7. The van der Waals surface area contributed by atoms with Gasteiger partial charge >= 0.3 is 0 Å². The van der Waals surface area contributed by atoms with Crippen LogP contribution < -0.4 is 4.90 Å². The Morgan fingerprint density at radius 2 is 1.96 bits per heavy atom. The van der Waals surface area contributed by atoms with Crippen LogP contribution in [0.25, 0.3) is 0 Å². The van der Waals surface area contributed by atoms with Crippen molar-refractivity contribution in [3.63, 3.8) is 0 Å². The second kappa shape index (κ2) is 8.17. The molecule has 3 aromatic rings. The van der Waals surface area contributed by atoms with Crippen LogP contribution in [-0.4, -0.2) is 45.9 Å². The molecule has 2 aromatic heterocycles. The molecule has 1 aliphatic rings. The number of para-hydroxylation sites is 1. The highest BCUT2D eigenvalue weighted by atomic mass is 16.2. The van der Waals surface area contributed by atoms with Gasteiger partial charge < -0.3 is 9.80 Å². The lowest BCUT2D eigenvalue weighted by atomic mass is 10.0. The highest BCUT2D eigenvalue weighted by molar-refractivity contribution is 5.93. The van der Waals surface area contributed by atoms with E-state index >= 15 is 0 Å². The number of amides is 1. The number of carbonyl (C=O) groups excluding carboxylic acids is 1. The third-order valence-electron chi connectivity index (χ3n) is 5.09. The zero-order valence-corrected chi connectivity index (χ0v) is 16.0. The molecular formula is C22H23N5O. The number of pyridine rings is 1. The molecule has 142 valence electrons. The standard InChI is InChI=1S/C22H23N5O/c1-26(14-10-17-8-11-23-12-9-17)22(28)19-15-21(25-16-24-19)27-13-4-6-18-5-2-3-7-20(18)27/h2-3,5,7-9,11-12,15-16H,4,6,10,13-14H2,1H3. The van der Waals surface area contributed by atoms with Crippen molar-refractivity contribution in [2.75, 3.05) is 25.0 Å². The summed E-state index contributed by atoms with van der Waals surface area (Å²) in [6.45, 7) is 1.51. The third kappa shape index (κ3) is 3.86. The van der Waals surface area contributed by atoms with Gasteiger partial charge in [0.25, 0.3) is 5.91 Å². The number of benzene rings is 1. The Morgan fingerprint density at radius 3 is 2.82 bits per heavy atom. The van der Waals surface area contributed by atoms with E-state index < -0.39 is 0 Å². The number of carbonyl (C=O) groups is 1. The summed E-state index contributed by atoms with van der Waals surface area (Å²) in [6, 6.07) is 14.1. The minimum atomic E-state index is -0.0944. The average Bonchev–Trinajstić information content (AvgIpc) is 2.77. The molecule has 3 heterocycles. The molecule has 4 rings (SSSR count). The van der Waals surface area contributed by atoms with Gasteiger partial charge in [0.1, 0.15) is 17.8 Å². The van der Waals surface area contributed by atoms with Gasteiger partial charge in [0.2, 0.25) is 0 Å². The van der Waals surface area contributed by atoms with E-state index in [0.29, 0.717) is 12.2 Å². The number of rotatable bonds is 5. The van der Waals surface area contributed by atoms with E-state index in [1.165, 1.54) is 11.9 Å². The fourth-order valence-corrected chi connectivity index (χ4v) is 3.53. The van der Waals surface area contributed by atoms with Gasteiger partial charge in [-0.25, -0.2) is 9.97 Å². The summed E-state index contributed by atoms with van der Waals surface area (Å²) in [5.74, 6) is 0.677. The molecule has 0 unspecified atom stereocenters. The van der Waals surface area contributed by atoms with Crippen LogP contribution in [0.5, 0.6) is 0 Å². The maximum absolute atomic E-state index is 12.9. The van der Waals surface area contributed by atoms with Crippen molar-refractivity contribution in [3.8, 4) is 0 Å². The average molecular weight is 373 g/mol. The maximum atomic E-state index is 12.9. The quantitative estimate of drug-likeness (QED) is 0.687. The van der Waals surface area contributed by atoms with Crippen LogP contribution >= 0.6 is 0 Å². The van der Waals surface area contributed by atoms with Gasteiger partial charge in [-0.2, -0.15) is 0 Å². The Balaban J connectivity index is 1.50. The largest absolute Gasteiger partial charge is 0.340 e. The summed E-state index contributed by atoms with van der Waals surface area (Å²) in [7, 11) is 1.81. The van der Waals surface area contributed by atoms with Crippen LogP contribution in [0.4, 0.5) is 11.5 Å². The molecule has 0 atom stereocenters. The van der Waals surface area contributed by atoms with Crippen LogP contribution in [-0.2, 0) is 12.8 Å². The Kier molecular flexibility index (Phi) is 5.28. The minimum Gasteiger partial charge on any atom is -0.340 e. The zero-order valence-electron chi connectivity index (χ0n) is 16.0. The smallest absolute Gasteiger partial charge is 0.272 e. The monoisotopic (exact) mass is 373 g/mol. The molecule has 0 radical (unpaired) electrons. The van der Waals surface area contributed by atoms with Crippen molar-refractivity contribution in [1.29, 1.82) is 0 Å². The third-order valence-corrected chi connectivity index (χ3v) is 5.09. The number of anilines is 2. The highest BCUT2D eigenvalue weighted by Crippen LogP contribution is 2.32. The zero-order chi connectivity index (χ0) is 19.3. The normalized spacial score (nSPS) is 13.1. The van der Waals surface area contributed by atoms with E-state index in [4.69, 9.17) is 0 Å². The summed E-state index contributed by atoms with van der Waals surface area (Å²) in [5, 5.41) is 0. The van der Waals surface area contributed by atoms with Gasteiger partial charge in [-0.05, 0) is 48.6 Å². The summed E-state index contributed by atoms with van der Waals surface area (Å²) in [6.07, 6.45) is 7.94. The number of hydrogen-bond acceptors (Lipinski definition) is 5. The molecule has 0 N–H and O–H groups in total.